The minimum atomic E-state index is 0.00814. The molecule has 2 aromatic rings. The first-order valence-electron chi connectivity index (χ1n) is 10.0. The van der Waals surface area contributed by atoms with Gasteiger partial charge in [-0.05, 0) is 67.9 Å². The first kappa shape index (κ1) is 20.1. The largest absolute Gasteiger partial charge is 0.339 e. The van der Waals surface area contributed by atoms with Crippen LogP contribution in [0.4, 0.5) is 5.69 Å². The van der Waals surface area contributed by atoms with E-state index in [1.54, 1.807) is 0 Å². The van der Waals surface area contributed by atoms with Crippen molar-refractivity contribution in [1.82, 2.24) is 15.1 Å². The lowest BCUT2D eigenvalue weighted by Crippen LogP contribution is -2.38. The molecule has 2 N–H and O–H groups in total. The van der Waals surface area contributed by atoms with Gasteiger partial charge in [-0.1, -0.05) is 13.8 Å². The second kappa shape index (κ2) is 8.59. The number of rotatable bonds is 5. The van der Waals surface area contributed by atoms with Gasteiger partial charge in [0.1, 0.15) is 0 Å². The molecule has 1 fully saturated rings. The Morgan fingerprint density at radius 3 is 2.54 bits per heavy atom. The summed E-state index contributed by atoms with van der Waals surface area (Å²) in [5, 5.41) is 10.1. The van der Waals surface area contributed by atoms with E-state index in [2.05, 4.69) is 15.5 Å². The van der Waals surface area contributed by atoms with Crippen LogP contribution >= 0.6 is 0 Å². The summed E-state index contributed by atoms with van der Waals surface area (Å²) in [6.07, 6.45) is 4.31. The van der Waals surface area contributed by atoms with Gasteiger partial charge < -0.3 is 10.2 Å². The van der Waals surface area contributed by atoms with Crippen LogP contribution < -0.4 is 5.32 Å². The second-order valence-corrected chi connectivity index (χ2v) is 8.19. The fourth-order valence-electron chi connectivity index (χ4n) is 3.86. The Balaban J connectivity index is 1.61. The number of H-pyrrole nitrogens is 1. The van der Waals surface area contributed by atoms with Crippen LogP contribution in [0, 0.1) is 19.8 Å². The molecule has 2 amide bonds. The van der Waals surface area contributed by atoms with Gasteiger partial charge in [-0.15, -0.1) is 0 Å². The number of aryl methyl sites for hydroxylation is 2. The van der Waals surface area contributed by atoms with Gasteiger partial charge in [-0.25, -0.2) is 0 Å². The quantitative estimate of drug-likeness (QED) is 0.819. The number of piperidine rings is 1. The van der Waals surface area contributed by atoms with Gasteiger partial charge in [0.15, 0.2) is 0 Å². The molecule has 0 aliphatic carbocycles. The first-order chi connectivity index (χ1) is 13.3. The molecule has 1 aromatic heterocycles. The van der Waals surface area contributed by atoms with Gasteiger partial charge in [0.2, 0.25) is 5.91 Å². The van der Waals surface area contributed by atoms with Crippen molar-refractivity contribution in [1.29, 1.82) is 0 Å². The van der Waals surface area contributed by atoms with Crippen LogP contribution in [0.1, 0.15) is 66.2 Å². The molecule has 1 saturated heterocycles. The van der Waals surface area contributed by atoms with Crippen LogP contribution in [0.3, 0.4) is 0 Å². The lowest BCUT2D eigenvalue weighted by molar-refractivity contribution is -0.116. The Bertz CT molecular complexity index is 848. The molecular formula is C22H30N4O2. The van der Waals surface area contributed by atoms with Gasteiger partial charge in [-0.2, -0.15) is 5.10 Å². The zero-order chi connectivity index (χ0) is 20.3. The molecule has 6 nitrogen and oxygen atoms in total. The van der Waals surface area contributed by atoms with Crippen molar-refractivity contribution in [2.45, 2.75) is 52.9 Å². The SMILES string of the molecule is Cc1cc(C(=O)N2CCC(c3cn[nH]c3C)CC2)ccc1NC(=O)CC(C)C. The van der Waals surface area contributed by atoms with Crippen molar-refractivity contribution >= 4 is 17.5 Å². The Labute approximate surface area is 166 Å². The van der Waals surface area contributed by atoms with Crippen molar-refractivity contribution < 1.29 is 9.59 Å². The number of benzene rings is 1. The third-order valence-corrected chi connectivity index (χ3v) is 5.43. The minimum Gasteiger partial charge on any atom is -0.339 e. The molecule has 3 rings (SSSR count). The molecular weight excluding hydrogens is 352 g/mol. The number of anilines is 1. The van der Waals surface area contributed by atoms with Crippen LogP contribution in [0.2, 0.25) is 0 Å². The van der Waals surface area contributed by atoms with E-state index in [1.165, 1.54) is 5.56 Å². The molecule has 0 spiro atoms. The van der Waals surface area contributed by atoms with Crippen molar-refractivity contribution in [3.63, 3.8) is 0 Å². The Hall–Kier alpha value is -2.63. The normalized spacial score (nSPS) is 15.1. The van der Waals surface area contributed by atoms with Crippen LogP contribution in [0.25, 0.3) is 0 Å². The van der Waals surface area contributed by atoms with Crippen LogP contribution in [0.15, 0.2) is 24.4 Å². The summed E-state index contributed by atoms with van der Waals surface area (Å²) in [5.74, 6) is 0.845. The maximum atomic E-state index is 12.9. The predicted octanol–water partition coefficient (Wildman–Crippen LogP) is 4.03. The zero-order valence-corrected chi connectivity index (χ0v) is 17.2. The van der Waals surface area contributed by atoms with Gasteiger partial charge in [0.25, 0.3) is 5.91 Å². The average Bonchev–Trinajstić information content (AvgIpc) is 3.08. The summed E-state index contributed by atoms with van der Waals surface area (Å²) in [6, 6.07) is 5.52. The number of aromatic amines is 1. The van der Waals surface area contributed by atoms with Gasteiger partial charge in [-0.3, -0.25) is 14.7 Å². The van der Waals surface area contributed by atoms with Crippen LogP contribution in [-0.4, -0.2) is 40.0 Å². The standard InChI is InChI=1S/C22H30N4O2/c1-14(2)11-21(27)24-20-6-5-18(12-15(20)3)22(28)26-9-7-17(8-10-26)19-13-23-25-16(19)4/h5-6,12-14,17H,7-11H2,1-4H3,(H,23,25)(H,24,27). The van der Waals surface area contributed by atoms with E-state index < -0.39 is 0 Å². The molecule has 0 bridgehead atoms. The van der Waals surface area contributed by atoms with Crippen LogP contribution in [0.5, 0.6) is 0 Å². The molecule has 2 heterocycles. The Morgan fingerprint density at radius 1 is 1.25 bits per heavy atom. The van der Waals surface area contributed by atoms with E-state index in [-0.39, 0.29) is 11.8 Å². The molecule has 0 radical (unpaired) electrons. The van der Waals surface area contributed by atoms with Crippen molar-refractivity contribution in [2.24, 2.45) is 5.92 Å². The number of hydrogen-bond donors (Lipinski definition) is 2. The summed E-state index contributed by atoms with van der Waals surface area (Å²) in [7, 11) is 0. The molecule has 6 heteroatoms. The molecule has 0 unspecified atom stereocenters. The van der Waals surface area contributed by atoms with Gasteiger partial charge >= 0.3 is 0 Å². The number of hydrogen-bond acceptors (Lipinski definition) is 3. The fourth-order valence-corrected chi connectivity index (χ4v) is 3.86. The third kappa shape index (κ3) is 4.61. The third-order valence-electron chi connectivity index (χ3n) is 5.43. The van der Waals surface area contributed by atoms with E-state index in [1.807, 2.05) is 57.0 Å². The molecule has 150 valence electrons. The van der Waals surface area contributed by atoms with Crippen molar-refractivity contribution in [3.8, 4) is 0 Å². The van der Waals surface area contributed by atoms with Crippen LogP contribution in [-0.2, 0) is 4.79 Å². The smallest absolute Gasteiger partial charge is 0.253 e. The van der Waals surface area contributed by atoms with Crippen molar-refractivity contribution in [2.75, 3.05) is 18.4 Å². The highest BCUT2D eigenvalue weighted by Crippen LogP contribution is 2.30. The molecule has 0 saturated carbocycles. The number of aromatic nitrogens is 2. The van der Waals surface area contributed by atoms with Gasteiger partial charge in [0.05, 0.1) is 6.20 Å². The molecule has 28 heavy (non-hydrogen) atoms. The van der Waals surface area contributed by atoms with E-state index in [9.17, 15) is 9.59 Å². The number of likely N-dealkylation sites (tertiary alicyclic amines) is 1. The number of nitrogens with one attached hydrogen (secondary N) is 2. The average molecular weight is 383 g/mol. The lowest BCUT2D eigenvalue weighted by atomic mass is 9.89. The summed E-state index contributed by atoms with van der Waals surface area (Å²) in [5.41, 5.74) is 4.75. The predicted molar refractivity (Wildman–Crippen MR) is 110 cm³/mol. The van der Waals surface area contributed by atoms with E-state index in [0.29, 0.717) is 23.8 Å². The highest BCUT2D eigenvalue weighted by Gasteiger charge is 2.26. The maximum Gasteiger partial charge on any atom is 0.253 e. The Morgan fingerprint density at radius 2 is 1.96 bits per heavy atom. The fraction of sp³-hybridized carbons (Fsp3) is 0.500. The maximum absolute atomic E-state index is 12.9. The summed E-state index contributed by atoms with van der Waals surface area (Å²) >= 11 is 0. The topological polar surface area (TPSA) is 78.1 Å². The first-order valence-corrected chi connectivity index (χ1v) is 10.0. The number of carbonyl (C=O) groups is 2. The summed E-state index contributed by atoms with van der Waals surface area (Å²) in [6.45, 7) is 9.51. The minimum absolute atomic E-state index is 0.00814. The summed E-state index contributed by atoms with van der Waals surface area (Å²) in [4.78, 5) is 26.8. The number of nitrogens with zero attached hydrogens (tertiary/aromatic N) is 2. The van der Waals surface area contributed by atoms with E-state index >= 15 is 0 Å². The zero-order valence-electron chi connectivity index (χ0n) is 17.2. The molecule has 1 aliphatic heterocycles. The molecule has 1 aliphatic rings. The Kier molecular flexibility index (Phi) is 6.17. The highest BCUT2D eigenvalue weighted by atomic mass is 16.2. The monoisotopic (exact) mass is 382 g/mol. The number of carbonyl (C=O) groups excluding carboxylic acids is 2. The molecule has 0 atom stereocenters. The highest BCUT2D eigenvalue weighted by molar-refractivity contribution is 5.96. The summed E-state index contributed by atoms with van der Waals surface area (Å²) < 4.78 is 0. The second-order valence-electron chi connectivity index (χ2n) is 8.19. The number of amides is 2. The van der Waals surface area contributed by atoms with Gasteiger partial charge in [0, 0.05) is 36.5 Å². The lowest BCUT2D eigenvalue weighted by Gasteiger charge is -2.32. The van der Waals surface area contributed by atoms with E-state index in [4.69, 9.17) is 0 Å². The van der Waals surface area contributed by atoms with E-state index in [0.717, 1.165) is 42.9 Å². The van der Waals surface area contributed by atoms with Crippen molar-refractivity contribution in [3.05, 3.63) is 46.8 Å². The molecule has 1 aromatic carbocycles.